The summed E-state index contributed by atoms with van der Waals surface area (Å²) in [6, 6.07) is 0.537. The second kappa shape index (κ2) is 7.14. The smallest absolute Gasteiger partial charge is 0.313 e. The minimum Gasteiger partial charge on any atom is -0.313 e. The summed E-state index contributed by atoms with van der Waals surface area (Å²) in [5.41, 5.74) is -0.106. The van der Waals surface area contributed by atoms with Gasteiger partial charge in [0.25, 0.3) is 0 Å². The number of aromatic nitrogens is 3. The fraction of sp³-hybridized carbons (Fsp3) is 0.846. The molecule has 1 saturated carbocycles. The summed E-state index contributed by atoms with van der Waals surface area (Å²) in [7, 11) is 0. The largest absolute Gasteiger partial charge is 0.343 e. The van der Waals surface area contributed by atoms with Crippen LogP contribution in [0.1, 0.15) is 39.5 Å². The zero-order chi connectivity index (χ0) is 13.7. The molecule has 0 radical (unpaired) electrons. The summed E-state index contributed by atoms with van der Waals surface area (Å²) in [5, 5.41) is 11.0. The maximum atomic E-state index is 11.5. The summed E-state index contributed by atoms with van der Waals surface area (Å²) in [5.74, 6) is 1.77. The van der Waals surface area contributed by atoms with Gasteiger partial charge in [-0.1, -0.05) is 31.5 Å². The third-order valence-corrected chi connectivity index (χ3v) is 4.96. The zero-order valence-corrected chi connectivity index (χ0v) is 12.6. The number of thioether (sulfide) groups is 1. The molecule has 0 amide bonds. The number of H-pyrrole nitrogens is 1. The number of nitrogens with one attached hydrogen (secondary N) is 2. The van der Waals surface area contributed by atoms with Crippen LogP contribution in [-0.2, 0) is 6.54 Å². The molecule has 1 atom stereocenters. The first-order valence-electron chi connectivity index (χ1n) is 7.27. The van der Waals surface area contributed by atoms with E-state index in [0.717, 1.165) is 23.4 Å². The van der Waals surface area contributed by atoms with Crippen LogP contribution < -0.4 is 11.0 Å². The van der Waals surface area contributed by atoms with Gasteiger partial charge in [-0.05, 0) is 32.2 Å². The predicted molar refractivity (Wildman–Crippen MR) is 78.7 cm³/mol. The normalized spacial score (nSPS) is 18.0. The van der Waals surface area contributed by atoms with Crippen molar-refractivity contribution < 1.29 is 0 Å². The van der Waals surface area contributed by atoms with Gasteiger partial charge in [0.1, 0.15) is 0 Å². The van der Waals surface area contributed by atoms with Gasteiger partial charge in [0.2, 0.25) is 0 Å². The molecule has 1 aromatic rings. The SMILES string of the molecule is CCNC(CSc1n[nH]c(=O)n1CC)C1CCCC1. The van der Waals surface area contributed by atoms with E-state index in [0.29, 0.717) is 12.6 Å². The highest BCUT2D eigenvalue weighted by molar-refractivity contribution is 7.99. The molecule has 1 unspecified atom stereocenters. The van der Waals surface area contributed by atoms with E-state index in [1.807, 2.05) is 6.92 Å². The Kier molecular flexibility index (Phi) is 5.51. The van der Waals surface area contributed by atoms with Gasteiger partial charge < -0.3 is 5.32 Å². The molecule has 19 heavy (non-hydrogen) atoms. The molecular weight excluding hydrogens is 260 g/mol. The van der Waals surface area contributed by atoms with Crippen LogP contribution >= 0.6 is 11.8 Å². The van der Waals surface area contributed by atoms with Crippen LogP contribution in [0.25, 0.3) is 0 Å². The Morgan fingerprint density at radius 3 is 2.84 bits per heavy atom. The van der Waals surface area contributed by atoms with E-state index in [-0.39, 0.29) is 5.69 Å². The molecule has 0 bridgehead atoms. The monoisotopic (exact) mass is 284 g/mol. The lowest BCUT2D eigenvalue weighted by molar-refractivity contribution is 0.394. The molecule has 0 saturated heterocycles. The van der Waals surface area contributed by atoms with Crippen molar-refractivity contribution in [2.24, 2.45) is 5.92 Å². The lowest BCUT2D eigenvalue weighted by Crippen LogP contribution is -2.37. The van der Waals surface area contributed by atoms with Gasteiger partial charge in [-0.3, -0.25) is 4.57 Å². The topological polar surface area (TPSA) is 62.7 Å². The van der Waals surface area contributed by atoms with Crippen molar-refractivity contribution in [1.82, 2.24) is 20.1 Å². The summed E-state index contributed by atoms with van der Waals surface area (Å²) in [6.07, 6.45) is 5.39. The van der Waals surface area contributed by atoms with E-state index in [2.05, 4.69) is 22.4 Å². The predicted octanol–water partition coefficient (Wildman–Crippen LogP) is 1.85. The molecular formula is C13H24N4OS. The molecule has 0 aliphatic heterocycles. The summed E-state index contributed by atoms with van der Waals surface area (Å²) in [6.45, 7) is 5.80. The Labute approximate surface area is 118 Å². The molecule has 108 valence electrons. The van der Waals surface area contributed by atoms with Gasteiger partial charge in [-0.25, -0.2) is 9.89 Å². The molecule has 0 spiro atoms. The number of nitrogens with zero attached hydrogens (tertiary/aromatic N) is 2. The van der Waals surface area contributed by atoms with Gasteiger partial charge in [0, 0.05) is 18.3 Å². The summed E-state index contributed by atoms with van der Waals surface area (Å²) in [4.78, 5) is 11.5. The highest BCUT2D eigenvalue weighted by Gasteiger charge is 2.25. The zero-order valence-electron chi connectivity index (χ0n) is 11.8. The number of rotatable bonds is 7. The van der Waals surface area contributed by atoms with Gasteiger partial charge in [-0.15, -0.1) is 5.10 Å². The van der Waals surface area contributed by atoms with Crippen LogP contribution in [0.2, 0.25) is 0 Å². The number of hydrogen-bond acceptors (Lipinski definition) is 4. The summed E-state index contributed by atoms with van der Waals surface area (Å²) < 4.78 is 1.70. The average molecular weight is 284 g/mol. The second-order valence-electron chi connectivity index (χ2n) is 5.08. The molecule has 5 nitrogen and oxygen atoms in total. The molecule has 1 heterocycles. The molecule has 1 aromatic heterocycles. The van der Waals surface area contributed by atoms with Crippen molar-refractivity contribution in [2.75, 3.05) is 12.3 Å². The fourth-order valence-electron chi connectivity index (χ4n) is 2.84. The molecule has 0 aromatic carbocycles. The van der Waals surface area contributed by atoms with E-state index in [9.17, 15) is 4.79 Å². The van der Waals surface area contributed by atoms with E-state index >= 15 is 0 Å². The highest BCUT2D eigenvalue weighted by atomic mass is 32.2. The summed E-state index contributed by atoms with van der Waals surface area (Å²) >= 11 is 1.69. The van der Waals surface area contributed by atoms with Crippen molar-refractivity contribution in [3.63, 3.8) is 0 Å². The first kappa shape index (κ1) is 14.7. The van der Waals surface area contributed by atoms with Crippen LogP contribution in [0.15, 0.2) is 9.95 Å². The number of aromatic amines is 1. The first-order valence-corrected chi connectivity index (χ1v) is 8.26. The maximum absolute atomic E-state index is 11.5. The van der Waals surface area contributed by atoms with Gasteiger partial charge >= 0.3 is 5.69 Å². The highest BCUT2D eigenvalue weighted by Crippen LogP contribution is 2.30. The van der Waals surface area contributed by atoms with Crippen molar-refractivity contribution in [2.45, 2.75) is 57.3 Å². The quantitative estimate of drug-likeness (QED) is 0.750. The van der Waals surface area contributed by atoms with E-state index in [1.54, 1.807) is 16.3 Å². The Hall–Kier alpha value is -0.750. The Bertz CT molecular complexity index is 436. The van der Waals surface area contributed by atoms with Gasteiger partial charge in [-0.2, -0.15) is 0 Å². The van der Waals surface area contributed by atoms with E-state index < -0.39 is 0 Å². The van der Waals surface area contributed by atoms with E-state index in [1.165, 1.54) is 25.7 Å². The van der Waals surface area contributed by atoms with Crippen molar-refractivity contribution in [3.05, 3.63) is 10.5 Å². The molecule has 2 rings (SSSR count). The molecule has 1 fully saturated rings. The Morgan fingerprint density at radius 1 is 1.47 bits per heavy atom. The van der Waals surface area contributed by atoms with Crippen LogP contribution in [0.5, 0.6) is 0 Å². The number of hydrogen-bond donors (Lipinski definition) is 2. The van der Waals surface area contributed by atoms with Crippen LogP contribution in [0.4, 0.5) is 0 Å². The standard InChI is InChI=1S/C13H24N4OS/c1-3-14-11(10-7-5-6-8-10)9-19-13-16-15-12(18)17(13)4-2/h10-11,14H,3-9H2,1-2H3,(H,15,18). The lowest BCUT2D eigenvalue weighted by Gasteiger charge is -2.23. The minimum atomic E-state index is -0.106. The van der Waals surface area contributed by atoms with Crippen molar-refractivity contribution >= 4 is 11.8 Å². The Morgan fingerprint density at radius 2 is 2.21 bits per heavy atom. The minimum absolute atomic E-state index is 0.106. The maximum Gasteiger partial charge on any atom is 0.343 e. The molecule has 2 N–H and O–H groups in total. The first-order chi connectivity index (χ1) is 9.26. The second-order valence-corrected chi connectivity index (χ2v) is 6.06. The van der Waals surface area contributed by atoms with E-state index in [4.69, 9.17) is 0 Å². The van der Waals surface area contributed by atoms with Crippen LogP contribution in [-0.4, -0.2) is 33.1 Å². The van der Waals surface area contributed by atoms with Crippen molar-refractivity contribution in [1.29, 1.82) is 0 Å². The van der Waals surface area contributed by atoms with Crippen LogP contribution in [0.3, 0.4) is 0 Å². The fourth-order valence-corrected chi connectivity index (χ4v) is 4.04. The Balaban J connectivity index is 1.95. The third-order valence-electron chi connectivity index (χ3n) is 3.87. The lowest BCUT2D eigenvalue weighted by atomic mass is 10.00. The third kappa shape index (κ3) is 3.63. The molecule has 1 aliphatic rings. The van der Waals surface area contributed by atoms with Gasteiger partial charge in [0.05, 0.1) is 0 Å². The van der Waals surface area contributed by atoms with Gasteiger partial charge in [0.15, 0.2) is 5.16 Å². The molecule has 1 aliphatic carbocycles. The van der Waals surface area contributed by atoms with Crippen LogP contribution in [0, 0.1) is 5.92 Å². The molecule has 6 heteroatoms. The van der Waals surface area contributed by atoms with Crippen molar-refractivity contribution in [3.8, 4) is 0 Å². The average Bonchev–Trinajstić information content (AvgIpc) is 3.04.